The summed E-state index contributed by atoms with van der Waals surface area (Å²) in [7, 11) is 0. The third-order valence-corrected chi connectivity index (χ3v) is 1.23. The molecule has 0 N–H and O–H groups in total. The van der Waals surface area contributed by atoms with Gasteiger partial charge in [0.15, 0.2) is 0 Å². The van der Waals surface area contributed by atoms with Crippen molar-refractivity contribution in [3.63, 3.8) is 0 Å². The lowest BCUT2D eigenvalue weighted by molar-refractivity contribution is 1.25. The predicted octanol–water partition coefficient (Wildman–Crippen LogP) is 1.52. The Hall–Kier alpha value is -0.880. The summed E-state index contributed by atoms with van der Waals surface area (Å²) in [5, 5.41) is 8.30. The van der Waals surface area contributed by atoms with Gasteiger partial charge in [0.1, 0.15) is 10.7 Å². The summed E-state index contributed by atoms with van der Waals surface area (Å²) in [6.07, 6.45) is 1.49. The minimum absolute atomic E-state index is 0.526. The van der Waals surface area contributed by atoms with Gasteiger partial charge in [-0.25, -0.2) is 4.98 Å². The lowest BCUT2D eigenvalue weighted by Crippen LogP contribution is -1.76. The minimum atomic E-state index is 0.526. The van der Waals surface area contributed by atoms with E-state index < -0.39 is 0 Å². The van der Waals surface area contributed by atoms with Gasteiger partial charge in [-0.15, -0.1) is 0 Å². The highest BCUT2D eigenvalue weighted by Gasteiger charge is 1.88. The van der Waals surface area contributed by atoms with Crippen molar-refractivity contribution in [1.82, 2.24) is 4.98 Å². The van der Waals surface area contributed by atoms with Gasteiger partial charge in [-0.1, -0.05) is 0 Å². The molecule has 0 bridgehead atoms. The maximum atomic E-state index is 8.30. The first-order chi connectivity index (χ1) is 4.33. The van der Waals surface area contributed by atoms with Crippen LogP contribution in [0.25, 0.3) is 0 Å². The van der Waals surface area contributed by atoms with Crippen LogP contribution in [0.15, 0.2) is 16.9 Å². The average Bonchev–Trinajstić information content (AvgIpc) is 1.90. The molecule has 0 unspecified atom stereocenters. The van der Waals surface area contributed by atoms with Crippen LogP contribution in [-0.2, 0) is 0 Å². The smallest absolute Gasteiger partial charge is 0.114 e. The summed E-state index contributed by atoms with van der Waals surface area (Å²) in [6, 6.07) is 6.25. The monoisotopic (exact) mass is 181 g/mol. The van der Waals surface area contributed by atoms with E-state index in [4.69, 9.17) is 5.26 Å². The topological polar surface area (TPSA) is 36.7 Å². The number of aromatic nitrogens is 1. The standard InChI is InChI=1S/C6H2BrN2/c7-6-2-1-5(3-8)4-9-6/h1,4H. The first-order valence-corrected chi connectivity index (χ1v) is 3.05. The maximum absolute atomic E-state index is 8.30. The van der Waals surface area contributed by atoms with E-state index >= 15 is 0 Å². The van der Waals surface area contributed by atoms with Crippen LogP contribution in [0.2, 0.25) is 0 Å². The summed E-state index contributed by atoms with van der Waals surface area (Å²) in [5.41, 5.74) is 0.526. The number of hydrogen-bond acceptors (Lipinski definition) is 2. The van der Waals surface area contributed by atoms with Gasteiger partial charge in [0.05, 0.1) is 5.56 Å². The first kappa shape index (κ1) is 6.24. The average molecular weight is 182 g/mol. The molecule has 1 heterocycles. The Balaban J connectivity index is 3.06. The van der Waals surface area contributed by atoms with Crippen molar-refractivity contribution in [3.05, 3.63) is 28.5 Å². The quantitative estimate of drug-likeness (QED) is 0.570. The van der Waals surface area contributed by atoms with E-state index in [9.17, 15) is 0 Å². The second kappa shape index (κ2) is 2.60. The van der Waals surface area contributed by atoms with E-state index in [1.165, 1.54) is 6.20 Å². The van der Waals surface area contributed by atoms with Crippen LogP contribution >= 0.6 is 15.9 Å². The molecule has 0 atom stereocenters. The van der Waals surface area contributed by atoms with Gasteiger partial charge in [0.25, 0.3) is 0 Å². The van der Waals surface area contributed by atoms with Crippen molar-refractivity contribution in [2.75, 3.05) is 0 Å². The van der Waals surface area contributed by atoms with Crippen LogP contribution in [0.3, 0.4) is 0 Å². The summed E-state index contributed by atoms with van der Waals surface area (Å²) in [5.74, 6) is 0. The van der Waals surface area contributed by atoms with E-state index in [1.807, 2.05) is 6.07 Å². The Morgan fingerprint density at radius 1 is 1.78 bits per heavy atom. The van der Waals surface area contributed by atoms with Gasteiger partial charge in [0, 0.05) is 12.3 Å². The number of pyridine rings is 1. The van der Waals surface area contributed by atoms with E-state index in [2.05, 4.69) is 27.0 Å². The lowest BCUT2D eigenvalue weighted by Gasteiger charge is -1.84. The molecule has 0 saturated carbocycles. The van der Waals surface area contributed by atoms with Crippen LogP contribution < -0.4 is 0 Å². The zero-order valence-corrected chi connectivity index (χ0v) is 6.01. The van der Waals surface area contributed by atoms with Crippen molar-refractivity contribution in [2.24, 2.45) is 0 Å². The molecule has 0 aliphatic heterocycles. The molecular weight excluding hydrogens is 180 g/mol. The maximum Gasteiger partial charge on any atom is 0.114 e. The zero-order chi connectivity index (χ0) is 6.69. The molecule has 3 heteroatoms. The van der Waals surface area contributed by atoms with E-state index in [0.717, 1.165) is 0 Å². The van der Waals surface area contributed by atoms with Crippen LogP contribution in [0, 0.1) is 17.4 Å². The van der Waals surface area contributed by atoms with Crippen molar-refractivity contribution >= 4 is 15.9 Å². The van der Waals surface area contributed by atoms with Gasteiger partial charge in [-0.05, 0) is 22.0 Å². The number of halogens is 1. The SMILES string of the molecule is N#Cc1c[c]c(Br)nc1. The van der Waals surface area contributed by atoms with Crippen LogP contribution in [0.1, 0.15) is 5.56 Å². The largest absolute Gasteiger partial charge is 0.247 e. The molecule has 0 fully saturated rings. The summed E-state index contributed by atoms with van der Waals surface area (Å²) in [4.78, 5) is 3.79. The fourth-order valence-corrected chi connectivity index (χ4v) is 0.616. The second-order valence-corrected chi connectivity index (χ2v) is 2.16. The highest BCUT2D eigenvalue weighted by molar-refractivity contribution is 9.10. The molecule has 0 spiro atoms. The van der Waals surface area contributed by atoms with Gasteiger partial charge in [-0.2, -0.15) is 5.26 Å². The first-order valence-electron chi connectivity index (χ1n) is 2.26. The molecule has 9 heavy (non-hydrogen) atoms. The molecule has 1 rings (SSSR count). The van der Waals surface area contributed by atoms with E-state index in [0.29, 0.717) is 10.2 Å². The van der Waals surface area contributed by atoms with E-state index in [1.54, 1.807) is 6.07 Å². The molecule has 0 aliphatic rings. The Kier molecular flexibility index (Phi) is 1.81. The predicted molar refractivity (Wildman–Crippen MR) is 35.5 cm³/mol. The Labute approximate surface area is 61.3 Å². The minimum Gasteiger partial charge on any atom is -0.247 e. The summed E-state index contributed by atoms with van der Waals surface area (Å²) >= 11 is 3.10. The van der Waals surface area contributed by atoms with Crippen molar-refractivity contribution in [3.8, 4) is 6.07 Å². The Morgan fingerprint density at radius 3 is 3.00 bits per heavy atom. The van der Waals surface area contributed by atoms with Gasteiger partial charge < -0.3 is 0 Å². The van der Waals surface area contributed by atoms with Gasteiger partial charge >= 0.3 is 0 Å². The van der Waals surface area contributed by atoms with Crippen molar-refractivity contribution in [1.29, 1.82) is 5.26 Å². The molecule has 1 aromatic heterocycles. The number of nitrogens with zero attached hydrogens (tertiary/aromatic N) is 2. The normalized spacial score (nSPS) is 8.44. The fraction of sp³-hybridized carbons (Fsp3) is 0. The van der Waals surface area contributed by atoms with Gasteiger partial charge in [0.2, 0.25) is 0 Å². The molecular formula is C6H2BrN2. The molecule has 2 nitrogen and oxygen atoms in total. The van der Waals surface area contributed by atoms with Crippen molar-refractivity contribution in [2.45, 2.75) is 0 Å². The summed E-state index contributed by atoms with van der Waals surface area (Å²) < 4.78 is 0.626. The Bertz CT molecular complexity index is 234. The fourth-order valence-electron chi connectivity index (χ4n) is 0.399. The second-order valence-electron chi connectivity index (χ2n) is 1.40. The third kappa shape index (κ3) is 1.51. The Morgan fingerprint density at radius 2 is 2.56 bits per heavy atom. The van der Waals surface area contributed by atoms with Crippen LogP contribution in [0.5, 0.6) is 0 Å². The number of rotatable bonds is 0. The number of hydrogen-bond donors (Lipinski definition) is 0. The zero-order valence-electron chi connectivity index (χ0n) is 4.43. The molecule has 43 valence electrons. The van der Waals surface area contributed by atoms with Gasteiger partial charge in [-0.3, -0.25) is 0 Å². The summed E-state index contributed by atoms with van der Waals surface area (Å²) in [6.45, 7) is 0. The molecule has 0 saturated heterocycles. The van der Waals surface area contributed by atoms with Crippen LogP contribution in [0.4, 0.5) is 0 Å². The number of nitriles is 1. The van der Waals surface area contributed by atoms with Crippen LogP contribution in [-0.4, -0.2) is 4.98 Å². The highest BCUT2D eigenvalue weighted by Crippen LogP contribution is 2.03. The molecule has 0 aromatic carbocycles. The molecule has 1 radical (unpaired) electrons. The highest BCUT2D eigenvalue weighted by atomic mass is 79.9. The third-order valence-electron chi connectivity index (χ3n) is 0.793. The van der Waals surface area contributed by atoms with E-state index in [-0.39, 0.29) is 0 Å². The molecule has 0 amide bonds. The van der Waals surface area contributed by atoms with Crippen molar-refractivity contribution < 1.29 is 0 Å². The lowest BCUT2D eigenvalue weighted by atomic mass is 10.3. The molecule has 0 aliphatic carbocycles. The molecule has 1 aromatic rings.